The summed E-state index contributed by atoms with van der Waals surface area (Å²) in [6.07, 6.45) is 2.08. The van der Waals surface area contributed by atoms with Gasteiger partial charge in [-0.1, -0.05) is 37.3 Å². The van der Waals surface area contributed by atoms with Gasteiger partial charge in [0.25, 0.3) is 0 Å². The topological polar surface area (TPSA) is 46.6 Å². The lowest BCUT2D eigenvalue weighted by Crippen LogP contribution is -2.37. The number of fused-ring (bicyclic) bond motifs is 1. The summed E-state index contributed by atoms with van der Waals surface area (Å²) in [6.45, 7) is 13.6. The Bertz CT molecular complexity index is 859. The van der Waals surface area contributed by atoms with E-state index in [2.05, 4.69) is 25.7 Å². The van der Waals surface area contributed by atoms with Gasteiger partial charge in [-0.05, 0) is 44.6 Å². The third-order valence-corrected chi connectivity index (χ3v) is 8.14. The van der Waals surface area contributed by atoms with E-state index in [-0.39, 0.29) is 0 Å². The maximum absolute atomic E-state index is 13.1. The molecule has 0 atom stereocenters. The molecular weight excluding hydrogens is 350 g/mol. The minimum Gasteiger partial charge on any atom is -0.493 e. The molecule has 2 aliphatic heterocycles. The summed E-state index contributed by atoms with van der Waals surface area (Å²) in [4.78, 5) is 0.354. The zero-order valence-electron chi connectivity index (χ0n) is 15.9. The van der Waals surface area contributed by atoms with Gasteiger partial charge in [0.15, 0.2) is 0 Å². The second kappa shape index (κ2) is 5.82. The molecular formula is C19H27NO3SSi. The van der Waals surface area contributed by atoms with Crippen molar-refractivity contribution in [1.82, 2.24) is 4.31 Å². The van der Waals surface area contributed by atoms with Crippen LogP contribution in [0.3, 0.4) is 0 Å². The molecule has 1 saturated heterocycles. The molecule has 0 radical (unpaired) electrons. The molecule has 0 aromatic heterocycles. The van der Waals surface area contributed by atoms with Crippen molar-refractivity contribution < 1.29 is 13.2 Å². The van der Waals surface area contributed by atoms with Crippen molar-refractivity contribution in [1.29, 1.82) is 0 Å². The number of ether oxygens (including phenoxy) is 1. The second-order valence-electron chi connectivity index (χ2n) is 8.52. The molecule has 2 aliphatic rings. The third kappa shape index (κ3) is 3.48. The van der Waals surface area contributed by atoms with Gasteiger partial charge in [-0.25, -0.2) is 8.42 Å². The average Bonchev–Trinajstić information content (AvgIpc) is 2.88. The van der Waals surface area contributed by atoms with Crippen molar-refractivity contribution in [2.75, 3.05) is 13.1 Å². The third-order valence-electron chi connectivity index (χ3n) is 4.57. The Balaban J connectivity index is 2.02. The lowest BCUT2D eigenvalue weighted by Gasteiger charge is -2.36. The summed E-state index contributed by atoms with van der Waals surface area (Å²) in [5, 5.41) is 1.04. The zero-order chi connectivity index (χ0) is 18.6. The van der Waals surface area contributed by atoms with Crippen LogP contribution in [0.15, 0.2) is 51.8 Å². The monoisotopic (exact) mass is 377 g/mol. The van der Waals surface area contributed by atoms with Crippen LogP contribution in [0.25, 0.3) is 0 Å². The molecule has 0 saturated carbocycles. The minimum atomic E-state index is -3.50. The first-order chi connectivity index (χ1) is 11.4. The number of hydrogen-bond donors (Lipinski definition) is 0. The van der Waals surface area contributed by atoms with E-state index < -0.39 is 23.7 Å². The summed E-state index contributed by atoms with van der Waals surface area (Å²) in [5.74, 6) is 0. The van der Waals surface area contributed by atoms with Crippen LogP contribution in [-0.2, 0) is 14.8 Å². The van der Waals surface area contributed by atoms with Gasteiger partial charge in [0, 0.05) is 18.7 Å². The molecule has 0 aliphatic carbocycles. The molecule has 6 heteroatoms. The summed E-state index contributed by atoms with van der Waals surface area (Å²) >= 11 is 0. The van der Waals surface area contributed by atoms with Crippen molar-refractivity contribution in [2.45, 2.75) is 50.9 Å². The molecule has 3 rings (SSSR count). The highest BCUT2D eigenvalue weighted by Gasteiger charge is 2.42. The predicted octanol–water partition coefficient (Wildman–Crippen LogP) is 3.87. The number of benzene rings is 1. The lowest BCUT2D eigenvalue weighted by molar-refractivity contribution is 0.0855. The van der Waals surface area contributed by atoms with Crippen LogP contribution in [0.5, 0.6) is 0 Å². The van der Waals surface area contributed by atoms with Gasteiger partial charge < -0.3 is 4.74 Å². The second-order valence-corrected chi connectivity index (χ2v) is 15.4. The van der Waals surface area contributed by atoms with Crippen molar-refractivity contribution in [2.24, 2.45) is 0 Å². The van der Waals surface area contributed by atoms with Gasteiger partial charge in [0.1, 0.15) is 13.7 Å². The summed E-state index contributed by atoms with van der Waals surface area (Å²) in [7, 11) is -5.21. The van der Waals surface area contributed by atoms with E-state index in [0.29, 0.717) is 18.0 Å². The highest BCUT2D eigenvalue weighted by Crippen LogP contribution is 2.40. The Morgan fingerprint density at radius 2 is 1.68 bits per heavy atom. The van der Waals surface area contributed by atoms with Gasteiger partial charge >= 0.3 is 0 Å². The molecule has 136 valence electrons. The Hall–Kier alpha value is -1.37. The minimum absolute atomic E-state index is 0.354. The summed E-state index contributed by atoms with van der Waals surface area (Å²) in [6, 6.07) is 7.06. The van der Waals surface area contributed by atoms with Crippen LogP contribution in [0.4, 0.5) is 0 Å². The SMILES string of the molecule is Cc1ccc(S(=O)(=O)N2CC3=CC(C)(C)OC([Si](C)(C)C)=C3C2)cc1. The first-order valence-corrected chi connectivity index (χ1v) is 13.6. The van der Waals surface area contributed by atoms with E-state index in [1.54, 1.807) is 16.4 Å². The van der Waals surface area contributed by atoms with Crippen molar-refractivity contribution >= 4 is 18.1 Å². The van der Waals surface area contributed by atoms with Crippen LogP contribution < -0.4 is 0 Å². The molecule has 0 amide bonds. The molecule has 1 aromatic carbocycles. The molecule has 1 aromatic rings. The smallest absolute Gasteiger partial charge is 0.243 e. The lowest BCUT2D eigenvalue weighted by atomic mass is 9.99. The van der Waals surface area contributed by atoms with Crippen molar-refractivity contribution in [3.8, 4) is 0 Å². The molecule has 25 heavy (non-hydrogen) atoms. The number of nitrogens with zero attached hydrogens (tertiary/aromatic N) is 1. The molecule has 0 N–H and O–H groups in total. The Morgan fingerprint density at radius 3 is 2.24 bits per heavy atom. The van der Waals surface area contributed by atoms with Crippen LogP contribution >= 0.6 is 0 Å². The van der Waals surface area contributed by atoms with E-state index in [1.165, 1.54) is 0 Å². The number of sulfonamides is 1. The fourth-order valence-electron chi connectivity index (χ4n) is 3.38. The van der Waals surface area contributed by atoms with Gasteiger partial charge in [0.05, 0.1) is 10.3 Å². The van der Waals surface area contributed by atoms with Crippen LogP contribution in [0.1, 0.15) is 19.4 Å². The van der Waals surface area contributed by atoms with E-state index in [9.17, 15) is 8.42 Å². The normalized spacial score (nSPS) is 21.0. The van der Waals surface area contributed by atoms with E-state index >= 15 is 0 Å². The predicted molar refractivity (Wildman–Crippen MR) is 104 cm³/mol. The van der Waals surface area contributed by atoms with Gasteiger partial charge in [-0.15, -0.1) is 0 Å². The molecule has 0 unspecified atom stereocenters. The van der Waals surface area contributed by atoms with E-state index in [0.717, 1.165) is 22.1 Å². The first-order valence-electron chi connectivity index (χ1n) is 8.62. The van der Waals surface area contributed by atoms with E-state index in [4.69, 9.17) is 4.74 Å². The zero-order valence-corrected chi connectivity index (χ0v) is 17.7. The van der Waals surface area contributed by atoms with Crippen molar-refractivity contribution in [3.05, 3.63) is 52.4 Å². The van der Waals surface area contributed by atoms with E-state index in [1.807, 2.05) is 32.9 Å². The van der Waals surface area contributed by atoms with Gasteiger partial charge in [-0.2, -0.15) is 4.31 Å². The van der Waals surface area contributed by atoms with Crippen LogP contribution in [0.2, 0.25) is 19.6 Å². The maximum atomic E-state index is 13.1. The van der Waals surface area contributed by atoms with Gasteiger partial charge in [0.2, 0.25) is 10.0 Å². The standard InChI is InChI=1S/C19H27NO3SSi/c1-14-7-9-16(10-8-14)24(21,22)20-12-15-11-19(2,3)23-18(17(15)13-20)25(4,5)6/h7-11H,12-13H2,1-6H3. The number of hydrogen-bond acceptors (Lipinski definition) is 3. The quantitative estimate of drug-likeness (QED) is 0.751. The summed E-state index contributed by atoms with van der Waals surface area (Å²) < 4.78 is 34.0. The van der Waals surface area contributed by atoms with Crippen molar-refractivity contribution in [3.63, 3.8) is 0 Å². The fourth-order valence-corrected chi connectivity index (χ4v) is 6.48. The fraction of sp³-hybridized carbons (Fsp3) is 0.474. The Labute approximate surface area is 152 Å². The summed E-state index contributed by atoms with van der Waals surface area (Å²) in [5.41, 5.74) is 2.84. The Kier molecular flexibility index (Phi) is 4.29. The highest BCUT2D eigenvalue weighted by molar-refractivity contribution is 7.89. The molecule has 0 bridgehead atoms. The molecule has 0 spiro atoms. The Morgan fingerprint density at radius 1 is 1.08 bits per heavy atom. The average molecular weight is 378 g/mol. The van der Waals surface area contributed by atoms with Crippen LogP contribution in [-0.4, -0.2) is 39.5 Å². The molecule has 2 heterocycles. The maximum Gasteiger partial charge on any atom is 0.243 e. The highest BCUT2D eigenvalue weighted by atomic mass is 32.2. The largest absolute Gasteiger partial charge is 0.493 e. The molecule has 1 fully saturated rings. The van der Waals surface area contributed by atoms with Gasteiger partial charge in [-0.3, -0.25) is 0 Å². The number of rotatable bonds is 3. The van der Waals surface area contributed by atoms with Crippen LogP contribution in [0, 0.1) is 6.92 Å². The first kappa shape index (κ1) is 18.4. The molecule has 4 nitrogen and oxygen atoms in total. The number of aryl methyl sites for hydroxylation is 1.